The predicted molar refractivity (Wildman–Crippen MR) is 87.6 cm³/mol. The molecule has 1 unspecified atom stereocenters. The van der Waals surface area contributed by atoms with Crippen molar-refractivity contribution in [1.29, 1.82) is 0 Å². The molecule has 0 heterocycles. The third kappa shape index (κ3) is 3.52. The highest BCUT2D eigenvalue weighted by Crippen LogP contribution is 2.34. The number of halogens is 1. The Morgan fingerprint density at radius 3 is 2.43 bits per heavy atom. The second-order valence-electron chi connectivity index (χ2n) is 5.17. The van der Waals surface area contributed by atoms with E-state index in [0.717, 1.165) is 11.4 Å². The number of nitrogens with one attached hydrogen (secondary N) is 1. The second kappa shape index (κ2) is 6.14. The normalized spacial score (nSPS) is 12.0. The molecule has 0 amide bonds. The highest BCUT2D eigenvalue weighted by Gasteiger charge is 2.13. The van der Waals surface area contributed by atoms with Crippen molar-refractivity contribution in [2.45, 2.75) is 13.0 Å². The maximum atomic E-state index is 9.94. The number of anilines is 2. The van der Waals surface area contributed by atoms with Crippen molar-refractivity contribution in [3.63, 3.8) is 0 Å². The average Bonchev–Trinajstić information content (AvgIpc) is 2.37. The van der Waals surface area contributed by atoms with E-state index in [1.807, 2.05) is 44.1 Å². The Balaban J connectivity index is 2.31. The van der Waals surface area contributed by atoms with E-state index in [1.54, 1.807) is 12.1 Å². The van der Waals surface area contributed by atoms with Gasteiger partial charge >= 0.3 is 0 Å². The van der Waals surface area contributed by atoms with Crippen molar-refractivity contribution >= 4 is 23.0 Å². The van der Waals surface area contributed by atoms with Crippen LogP contribution in [0, 0.1) is 0 Å². The molecule has 1 atom stereocenters. The van der Waals surface area contributed by atoms with Crippen molar-refractivity contribution in [3.05, 3.63) is 47.0 Å². The van der Waals surface area contributed by atoms with E-state index in [0.29, 0.717) is 10.6 Å². The fourth-order valence-electron chi connectivity index (χ4n) is 2.22. The fourth-order valence-corrected chi connectivity index (χ4v) is 2.40. The largest absolute Gasteiger partial charge is 0.508 e. The molecule has 0 spiro atoms. The van der Waals surface area contributed by atoms with Gasteiger partial charge in [0.25, 0.3) is 0 Å². The second-order valence-corrected chi connectivity index (χ2v) is 5.60. The molecular formula is C16H19ClN2O2. The van der Waals surface area contributed by atoms with Crippen LogP contribution in [-0.4, -0.2) is 24.3 Å². The van der Waals surface area contributed by atoms with Gasteiger partial charge in [-0.2, -0.15) is 0 Å². The molecule has 2 aromatic carbocycles. The third-order valence-electron chi connectivity index (χ3n) is 3.29. The summed E-state index contributed by atoms with van der Waals surface area (Å²) in [6.45, 7) is 1.94. The first kappa shape index (κ1) is 15.3. The standard InChI is InChI=1S/C16H19ClN2O2/c1-10(13-6-5-12(20)9-16(13)21)18-14-8-11(17)4-7-15(14)19(2)3/h4-10,18,20-21H,1-3H3. The Morgan fingerprint density at radius 2 is 1.81 bits per heavy atom. The number of rotatable bonds is 4. The SMILES string of the molecule is CC(Nc1cc(Cl)ccc1N(C)C)c1ccc(O)cc1O. The molecule has 2 aromatic rings. The molecule has 0 bridgehead atoms. The van der Waals surface area contributed by atoms with Gasteiger partial charge in [-0.05, 0) is 37.3 Å². The first-order chi connectivity index (χ1) is 9.88. The molecule has 0 aliphatic rings. The fraction of sp³-hybridized carbons (Fsp3) is 0.250. The number of phenolic OH excluding ortho intramolecular Hbond substituents is 2. The van der Waals surface area contributed by atoms with E-state index in [1.165, 1.54) is 6.07 Å². The topological polar surface area (TPSA) is 55.7 Å². The van der Waals surface area contributed by atoms with Crippen molar-refractivity contribution in [3.8, 4) is 11.5 Å². The van der Waals surface area contributed by atoms with E-state index in [9.17, 15) is 10.2 Å². The van der Waals surface area contributed by atoms with Crippen molar-refractivity contribution < 1.29 is 10.2 Å². The summed E-state index contributed by atoms with van der Waals surface area (Å²) in [5, 5.41) is 23.3. The summed E-state index contributed by atoms with van der Waals surface area (Å²) in [7, 11) is 3.91. The number of hydrogen-bond acceptors (Lipinski definition) is 4. The van der Waals surface area contributed by atoms with Crippen LogP contribution < -0.4 is 10.2 Å². The monoisotopic (exact) mass is 306 g/mol. The van der Waals surface area contributed by atoms with Gasteiger partial charge in [-0.1, -0.05) is 11.6 Å². The van der Waals surface area contributed by atoms with E-state index in [-0.39, 0.29) is 17.5 Å². The Morgan fingerprint density at radius 1 is 1.10 bits per heavy atom. The van der Waals surface area contributed by atoms with Gasteiger partial charge in [-0.25, -0.2) is 0 Å². The maximum absolute atomic E-state index is 9.94. The summed E-state index contributed by atoms with van der Waals surface area (Å²) in [6.07, 6.45) is 0. The highest BCUT2D eigenvalue weighted by molar-refractivity contribution is 6.31. The Kier molecular flexibility index (Phi) is 4.48. The zero-order chi connectivity index (χ0) is 15.6. The zero-order valence-corrected chi connectivity index (χ0v) is 13.0. The van der Waals surface area contributed by atoms with Gasteiger partial charge < -0.3 is 20.4 Å². The Hall–Kier alpha value is -2.07. The molecule has 5 heteroatoms. The lowest BCUT2D eigenvalue weighted by Gasteiger charge is -2.23. The molecular weight excluding hydrogens is 288 g/mol. The van der Waals surface area contributed by atoms with Gasteiger partial charge in [0.05, 0.1) is 17.4 Å². The highest BCUT2D eigenvalue weighted by atomic mass is 35.5. The third-order valence-corrected chi connectivity index (χ3v) is 3.53. The smallest absolute Gasteiger partial charge is 0.124 e. The Labute approximate surface area is 129 Å². The quantitative estimate of drug-likeness (QED) is 0.799. The molecule has 0 aliphatic heterocycles. The summed E-state index contributed by atoms with van der Waals surface area (Å²) in [5.74, 6) is 0.101. The average molecular weight is 307 g/mol. The molecule has 112 valence electrons. The van der Waals surface area contributed by atoms with Crippen LogP contribution in [0.25, 0.3) is 0 Å². The molecule has 0 aliphatic carbocycles. The van der Waals surface area contributed by atoms with E-state index in [2.05, 4.69) is 5.32 Å². The van der Waals surface area contributed by atoms with Gasteiger partial charge in [0.2, 0.25) is 0 Å². The van der Waals surface area contributed by atoms with Crippen LogP contribution in [-0.2, 0) is 0 Å². The van der Waals surface area contributed by atoms with Crippen LogP contribution >= 0.6 is 11.6 Å². The molecule has 0 aromatic heterocycles. The Bertz CT molecular complexity index is 644. The molecule has 0 saturated carbocycles. The number of phenols is 2. The van der Waals surface area contributed by atoms with E-state index in [4.69, 9.17) is 11.6 Å². The van der Waals surface area contributed by atoms with Gasteiger partial charge in [0.15, 0.2) is 0 Å². The van der Waals surface area contributed by atoms with Crippen molar-refractivity contribution in [2.24, 2.45) is 0 Å². The predicted octanol–water partition coefficient (Wildman–Crippen LogP) is 3.99. The molecule has 4 nitrogen and oxygen atoms in total. The van der Waals surface area contributed by atoms with Crippen molar-refractivity contribution in [1.82, 2.24) is 0 Å². The van der Waals surface area contributed by atoms with Gasteiger partial charge in [-0.15, -0.1) is 0 Å². The maximum Gasteiger partial charge on any atom is 0.124 e. The lowest BCUT2D eigenvalue weighted by Crippen LogP contribution is -2.14. The molecule has 0 saturated heterocycles. The zero-order valence-electron chi connectivity index (χ0n) is 12.3. The van der Waals surface area contributed by atoms with Crippen LogP contribution in [0.2, 0.25) is 5.02 Å². The lowest BCUT2D eigenvalue weighted by atomic mass is 10.1. The minimum atomic E-state index is -0.136. The van der Waals surface area contributed by atoms with Crippen LogP contribution in [0.15, 0.2) is 36.4 Å². The summed E-state index contributed by atoms with van der Waals surface area (Å²) >= 11 is 6.06. The molecule has 0 radical (unpaired) electrons. The van der Waals surface area contributed by atoms with Gasteiger partial charge in [0.1, 0.15) is 11.5 Å². The first-order valence-electron chi connectivity index (χ1n) is 6.63. The molecule has 3 N–H and O–H groups in total. The molecule has 2 rings (SSSR count). The molecule has 0 fully saturated rings. The van der Waals surface area contributed by atoms with Crippen LogP contribution in [0.1, 0.15) is 18.5 Å². The van der Waals surface area contributed by atoms with E-state index < -0.39 is 0 Å². The lowest BCUT2D eigenvalue weighted by molar-refractivity contribution is 0.444. The number of aromatic hydroxyl groups is 2. The van der Waals surface area contributed by atoms with Crippen molar-refractivity contribution in [2.75, 3.05) is 24.3 Å². The number of nitrogens with zero attached hydrogens (tertiary/aromatic N) is 1. The van der Waals surface area contributed by atoms with Crippen LogP contribution in [0.4, 0.5) is 11.4 Å². The first-order valence-corrected chi connectivity index (χ1v) is 7.01. The summed E-state index contributed by atoms with van der Waals surface area (Å²) in [6, 6.07) is 10.1. The van der Waals surface area contributed by atoms with Crippen LogP contribution in [0.5, 0.6) is 11.5 Å². The summed E-state index contributed by atoms with van der Waals surface area (Å²) in [4.78, 5) is 1.99. The summed E-state index contributed by atoms with van der Waals surface area (Å²) < 4.78 is 0. The van der Waals surface area contributed by atoms with Crippen LogP contribution in [0.3, 0.4) is 0 Å². The summed E-state index contributed by atoms with van der Waals surface area (Å²) in [5.41, 5.74) is 2.59. The minimum absolute atomic E-state index is 0.0418. The van der Waals surface area contributed by atoms with Gasteiger partial charge in [0, 0.05) is 30.7 Å². The molecule has 21 heavy (non-hydrogen) atoms. The van der Waals surface area contributed by atoms with Gasteiger partial charge in [-0.3, -0.25) is 0 Å². The minimum Gasteiger partial charge on any atom is -0.508 e. The number of hydrogen-bond donors (Lipinski definition) is 3. The number of benzene rings is 2. The van der Waals surface area contributed by atoms with E-state index >= 15 is 0 Å².